The fourth-order valence-electron chi connectivity index (χ4n) is 4.46. The molecular weight excluding hydrogens is 480 g/mol. The molecule has 2 aromatic heterocycles. The maximum atomic E-state index is 9.75. The van der Waals surface area contributed by atoms with Gasteiger partial charge in [-0.15, -0.1) is 0 Å². The molecule has 196 valence electrons. The van der Waals surface area contributed by atoms with Crippen molar-refractivity contribution in [1.82, 2.24) is 24.9 Å². The van der Waals surface area contributed by atoms with Gasteiger partial charge in [0.1, 0.15) is 12.4 Å². The molecule has 1 saturated heterocycles. The van der Waals surface area contributed by atoms with E-state index in [0.717, 1.165) is 43.4 Å². The number of nitrogens with one attached hydrogen (secondary N) is 1. The Labute approximate surface area is 222 Å². The predicted octanol–water partition coefficient (Wildman–Crippen LogP) is 3.08. The number of anilines is 4. The molecule has 0 aliphatic carbocycles. The Bertz CT molecular complexity index is 1330. The second-order valence-corrected chi connectivity index (χ2v) is 9.79. The normalized spacial score (nSPS) is 14.8. The molecule has 0 bridgehead atoms. The van der Waals surface area contributed by atoms with Gasteiger partial charge < -0.3 is 25.3 Å². The standard InChI is InChI=1S/C28H32N8O2/c1-28(2,21-6-4-3-5-7-21)22-16-29-26(30-17-22)35-12-14-36(15-13-35)27-32-19-31-25(34-27)33-23-10-8-20(9-11-23)24(38)18-37/h3-11,16-17,19,24,37-38H,12-15,18H2,1-2H3,(H,31,32,33,34). The second kappa shape index (κ2) is 11.1. The minimum atomic E-state index is -0.893. The van der Waals surface area contributed by atoms with Crippen LogP contribution in [0.2, 0.25) is 0 Å². The Hall–Kier alpha value is -4.15. The van der Waals surface area contributed by atoms with Crippen LogP contribution in [0.25, 0.3) is 0 Å². The molecule has 0 saturated carbocycles. The number of aliphatic hydroxyl groups excluding tert-OH is 2. The topological polar surface area (TPSA) is 123 Å². The molecule has 1 unspecified atom stereocenters. The van der Waals surface area contributed by atoms with E-state index >= 15 is 0 Å². The zero-order chi connectivity index (χ0) is 26.5. The minimum Gasteiger partial charge on any atom is -0.393 e. The highest BCUT2D eigenvalue weighted by molar-refractivity contribution is 5.55. The number of hydrogen-bond acceptors (Lipinski definition) is 10. The van der Waals surface area contributed by atoms with Crippen LogP contribution in [0.1, 0.15) is 36.6 Å². The van der Waals surface area contributed by atoms with Gasteiger partial charge in [0.2, 0.25) is 17.8 Å². The van der Waals surface area contributed by atoms with E-state index in [1.165, 1.54) is 11.9 Å². The number of benzene rings is 2. The van der Waals surface area contributed by atoms with Crippen molar-refractivity contribution < 1.29 is 10.2 Å². The molecule has 0 amide bonds. The average molecular weight is 513 g/mol. The summed E-state index contributed by atoms with van der Waals surface area (Å²) in [7, 11) is 0. The summed E-state index contributed by atoms with van der Waals surface area (Å²) in [4.78, 5) is 26.9. The number of nitrogens with zero attached hydrogens (tertiary/aromatic N) is 7. The molecule has 1 aliphatic rings. The molecule has 38 heavy (non-hydrogen) atoms. The monoisotopic (exact) mass is 512 g/mol. The number of hydrogen-bond donors (Lipinski definition) is 3. The first-order valence-electron chi connectivity index (χ1n) is 12.7. The molecule has 2 aromatic carbocycles. The Kier molecular flexibility index (Phi) is 7.43. The van der Waals surface area contributed by atoms with Crippen molar-refractivity contribution in [2.75, 3.05) is 47.9 Å². The van der Waals surface area contributed by atoms with Crippen LogP contribution in [0.4, 0.5) is 23.5 Å². The SMILES string of the molecule is CC(C)(c1ccccc1)c1cnc(N2CCN(c3ncnc(Nc4ccc(C(O)CO)cc4)n3)CC2)nc1. The van der Waals surface area contributed by atoms with Crippen molar-refractivity contribution in [1.29, 1.82) is 0 Å². The summed E-state index contributed by atoms with van der Waals surface area (Å²) in [5, 5.41) is 22.0. The molecule has 1 fully saturated rings. The summed E-state index contributed by atoms with van der Waals surface area (Å²) in [6.45, 7) is 7.04. The minimum absolute atomic E-state index is 0.175. The maximum absolute atomic E-state index is 9.75. The van der Waals surface area contributed by atoms with Crippen LogP contribution in [0.3, 0.4) is 0 Å². The predicted molar refractivity (Wildman–Crippen MR) is 147 cm³/mol. The van der Waals surface area contributed by atoms with Crippen molar-refractivity contribution >= 4 is 23.5 Å². The molecule has 10 heteroatoms. The summed E-state index contributed by atoms with van der Waals surface area (Å²) in [6.07, 6.45) is 4.47. The van der Waals surface area contributed by atoms with Crippen molar-refractivity contribution in [3.63, 3.8) is 0 Å². The van der Waals surface area contributed by atoms with E-state index in [1.807, 2.05) is 30.6 Å². The number of aromatic nitrogens is 5. The van der Waals surface area contributed by atoms with E-state index in [2.05, 4.69) is 68.2 Å². The highest BCUT2D eigenvalue weighted by Crippen LogP contribution is 2.31. The first kappa shape index (κ1) is 25.5. The number of piperazine rings is 1. The molecule has 3 N–H and O–H groups in total. The van der Waals surface area contributed by atoms with Gasteiger partial charge in [-0.25, -0.2) is 19.9 Å². The summed E-state index contributed by atoms with van der Waals surface area (Å²) in [5.41, 5.74) is 3.55. The molecule has 1 aliphatic heterocycles. The van der Waals surface area contributed by atoms with Crippen LogP contribution in [0.15, 0.2) is 73.3 Å². The molecule has 0 radical (unpaired) electrons. The summed E-state index contributed by atoms with van der Waals surface area (Å²) < 4.78 is 0. The molecule has 3 heterocycles. The molecule has 5 rings (SSSR count). The zero-order valence-electron chi connectivity index (χ0n) is 21.6. The van der Waals surface area contributed by atoms with Gasteiger partial charge in [0.15, 0.2) is 0 Å². The van der Waals surface area contributed by atoms with Gasteiger partial charge in [-0.1, -0.05) is 56.3 Å². The molecular formula is C28H32N8O2. The number of aliphatic hydroxyl groups is 2. The smallest absolute Gasteiger partial charge is 0.231 e. The Morgan fingerprint density at radius 3 is 2.08 bits per heavy atom. The van der Waals surface area contributed by atoms with Gasteiger partial charge in [-0.2, -0.15) is 4.98 Å². The zero-order valence-corrected chi connectivity index (χ0v) is 21.6. The molecule has 1 atom stereocenters. The van der Waals surface area contributed by atoms with Gasteiger partial charge >= 0.3 is 0 Å². The fourth-order valence-corrected chi connectivity index (χ4v) is 4.46. The van der Waals surface area contributed by atoms with Gasteiger partial charge in [0.05, 0.1) is 6.61 Å². The van der Waals surface area contributed by atoms with E-state index in [1.54, 1.807) is 12.1 Å². The van der Waals surface area contributed by atoms with E-state index in [9.17, 15) is 5.11 Å². The lowest BCUT2D eigenvalue weighted by molar-refractivity contribution is 0.0956. The quantitative estimate of drug-likeness (QED) is 0.324. The second-order valence-electron chi connectivity index (χ2n) is 9.79. The number of rotatable bonds is 8. The van der Waals surface area contributed by atoms with E-state index in [4.69, 9.17) is 15.1 Å². The maximum Gasteiger partial charge on any atom is 0.231 e. The molecule has 0 spiro atoms. The average Bonchev–Trinajstić information content (AvgIpc) is 2.98. The first-order chi connectivity index (χ1) is 18.4. The van der Waals surface area contributed by atoms with Crippen LogP contribution in [0.5, 0.6) is 0 Å². The van der Waals surface area contributed by atoms with Gasteiger partial charge in [-0.3, -0.25) is 0 Å². The third-order valence-electron chi connectivity index (χ3n) is 6.98. The summed E-state index contributed by atoms with van der Waals surface area (Å²) in [5.74, 6) is 1.77. The first-order valence-corrected chi connectivity index (χ1v) is 12.7. The van der Waals surface area contributed by atoms with Crippen molar-refractivity contribution in [2.45, 2.75) is 25.4 Å². The largest absolute Gasteiger partial charge is 0.393 e. The van der Waals surface area contributed by atoms with Crippen LogP contribution < -0.4 is 15.1 Å². The van der Waals surface area contributed by atoms with Gasteiger partial charge in [-0.05, 0) is 28.8 Å². The lowest BCUT2D eigenvalue weighted by Crippen LogP contribution is -2.47. The highest BCUT2D eigenvalue weighted by atomic mass is 16.3. The lowest BCUT2D eigenvalue weighted by Gasteiger charge is -2.35. The highest BCUT2D eigenvalue weighted by Gasteiger charge is 2.25. The van der Waals surface area contributed by atoms with E-state index in [-0.39, 0.29) is 12.0 Å². The summed E-state index contributed by atoms with van der Waals surface area (Å²) in [6, 6.07) is 17.5. The fraction of sp³-hybridized carbons (Fsp3) is 0.321. The van der Waals surface area contributed by atoms with E-state index in [0.29, 0.717) is 17.5 Å². The molecule has 4 aromatic rings. The lowest BCUT2D eigenvalue weighted by atomic mass is 9.79. The third kappa shape index (κ3) is 5.56. The van der Waals surface area contributed by atoms with Crippen LogP contribution in [-0.2, 0) is 5.41 Å². The Morgan fingerprint density at radius 2 is 1.45 bits per heavy atom. The van der Waals surface area contributed by atoms with Crippen LogP contribution in [0, 0.1) is 0 Å². The molecule has 10 nitrogen and oxygen atoms in total. The van der Waals surface area contributed by atoms with Crippen molar-refractivity contribution in [2.24, 2.45) is 0 Å². The van der Waals surface area contributed by atoms with Crippen molar-refractivity contribution in [3.05, 3.63) is 90.0 Å². The Morgan fingerprint density at radius 1 is 0.816 bits per heavy atom. The van der Waals surface area contributed by atoms with Crippen molar-refractivity contribution in [3.8, 4) is 0 Å². The van der Waals surface area contributed by atoms with Gasteiger partial charge in [0.25, 0.3) is 0 Å². The van der Waals surface area contributed by atoms with Crippen LogP contribution in [-0.4, -0.2) is 67.9 Å². The van der Waals surface area contributed by atoms with Crippen LogP contribution >= 0.6 is 0 Å². The third-order valence-corrected chi connectivity index (χ3v) is 6.98. The summed E-state index contributed by atoms with van der Waals surface area (Å²) >= 11 is 0. The Balaban J connectivity index is 1.20. The van der Waals surface area contributed by atoms with Gasteiger partial charge in [0, 0.05) is 49.7 Å². The van der Waals surface area contributed by atoms with E-state index < -0.39 is 6.10 Å².